The molecule has 0 aliphatic heterocycles. The van der Waals surface area contributed by atoms with Crippen molar-refractivity contribution in [2.45, 2.75) is 13.5 Å². The second kappa shape index (κ2) is 9.00. The van der Waals surface area contributed by atoms with Gasteiger partial charge in [-0.15, -0.1) is 0 Å². The van der Waals surface area contributed by atoms with E-state index < -0.39 is 6.09 Å². The first-order valence-corrected chi connectivity index (χ1v) is 7.76. The number of methoxy groups -OCH3 is 1. The first kappa shape index (κ1) is 18.7. The smallest absolute Gasteiger partial charge is 0.413 e. The van der Waals surface area contributed by atoms with Gasteiger partial charge in [0.15, 0.2) is 0 Å². The molecular weight excluding hydrogens is 346 g/mol. The minimum atomic E-state index is -1.11. The molecule has 132 valence electrons. The van der Waals surface area contributed by atoms with Crippen LogP contribution in [0.15, 0.2) is 47.8 Å². The van der Waals surface area contributed by atoms with Crippen LogP contribution < -0.4 is 4.90 Å². The number of pyridine rings is 1. The predicted octanol–water partition coefficient (Wildman–Crippen LogP) is 3.76. The molecule has 7 nitrogen and oxygen atoms in total. The normalized spacial score (nSPS) is 11.2. The number of para-hydroxylation sites is 1. The summed E-state index contributed by atoms with van der Waals surface area (Å²) in [5.74, 6) is 0. The van der Waals surface area contributed by atoms with E-state index in [1.165, 1.54) is 13.3 Å². The van der Waals surface area contributed by atoms with E-state index >= 15 is 0 Å². The summed E-state index contributed by atoms with van der Waals surface area (Å²) in [6.07, 6.45) is 0.417. The second-order valence-electron chi connectivity index (χ2n) is 5.07. The van der Waals surface area contributed by atoms with Crippen molar-refractivity contribution in [3.63, 3.8) is 0 Å². The molecule has 1 aromatic carbocycles. The molecule has 0 radical (unpaired) electrons. The maximum absolute atomic E-state index is 11.4. The molecule has 1 aromatic heterocycles. The second-order valence-corrected chi connectivity index (χ2v) is 5.51. The molecule has 1 amide bonds. The molecule has 0 unspecified atom stereocenters. The number of anilines is 1. The molecule has 1 N–H and O–H groups in total. The number of amides is 1. The van der Waals surface area contributed by atoms with E-state index in [0.717, 1.165) is 4.90 Å². The largest absolute Gasteiger partial charge is 0.465 e. The Morgan fingerprint density at radius 3 is 2.72 bits per heavy atom. The molecule has 0 spiro atoms. The Morgan fingerprint density at radius 2 is 2.08 bits per heavy atom. The lowest BCUT2D eigenvalue weighted by molar-refractivity contribution is 0.130. The van der Waals surface area contributed by atoms with Crippen molar-refractivity contribution in [1.82, 2.24) is 4.98 Å². The number of hydrogen-bond acceptors (Lipinski definition) is 5. The van der Waals surface area contributed by atoms with Gasteiger partial charge in [-0.1, -0.05) is 35.0 Å². The first-order chi connectivity index (χ1) is 12.0. The highest BCUT2D eigenvalue weighted by Gasteiger charge is 2.17. The lowest BCUT2D eigenvalue weighted by Gasteiger charge is -2.20. The van der Waals surface area contributed by atoms with Crippen molar-refractivity contribution in [1.29, 1.82) is 0 Å². The maximum atomic E-state index is 11.4. The van der Waals surface area contributed by atoms with Crippen molar-refractivity contribution >= 4 is 29.1 Å². The zero-order valence-corrected chi connectivity index (χ0v) is 14.6. The highest BCUT2D eigenvalue weighted by atomic mass is 35.5. The van der Waals surface area contributed by atoms with Crippen LogP contribution in [0.1, 0.15) is 18.2 Å². The quantitative estimate of drug-likeness (QED) is 0.460. The fourth-order valence-corrected chi connectivity index (χ4v) is 2.20. The molecule has 0 atom stereocenters. The molecule has 0 aliphatic rings. The number of ether oxygens (including phenoxy) is 1. The minimum Gasteiger partial charge on any atom is -0.465 e. The van der Waals surface area contributed by atoms with E-state index in [1.807, 2.05) is 0 Å². The van der Waals surface area contributed by atoms with Gasteiger partial charge in [-0.3, -0.25) is 9.88 Å². The van der Waals surface area contributed by atoms with Crippen molar-refractivity contribution < 1.29 is 19.5 Å². The van der Waals surface area contributed by atoms with Crippen molar-refractivity contribution in [2.24, 2.45) is 5.16 Å². The molecule has 2 aromatic rings. The molecule has 0 saturated carbocycles. The summed E-state index contributed by atoms with van der Waals surface area (Å²) in [5.41, 5.74) is 2.38. The fraction of sp³-hybridized carbons (Fsp3) is 0.235. The average Bonchev–Trinajstić information content (AvgIpc) is 2.60. The molecule has 2 rings (SSSR count). The van der Waals surface area contributed by atoms with Gasteiger partial charge in [-0.25, -0.2) is 4.79 Å². The van der Waals surface area contributed by atoms with Crippen LogP contribution in [-0.4, -0.2) is 35.7 Å². The van der Waals surface area contributed by atoms with E-state index in [9.17, 15) is 9.90 Å². The van der Waals surface area contributed by atoms with E-state index in [2.05, 4.69) is 10.1 Å². The number of carboxylic acid groups (broad SMARTS) is 1. The van der Waals surface area contributed by atoms with Gasteiger partial charge in [-0.2, -0.15) is 0 Å². The van der Waals surface area contributed by atoms with Crippen molar-refractivity contribution in [3.8, 4) is 0 Å². The van der Waals surface area contributed by atoms with Gasteiger partial charge in [0, 0.05) is 18.9 Å². The fourth-order valence-electron chi connectivity index (χ4n) is 2.09. The third-order valence-electron chi connectivity index (χ3n) is 3.29. The van der Waals surface area contributed by atoms with Gasteiger partial charge in [0.25, 0.3) is 0 Å². The Kier molecular flexibility index (Phi) is 6.73. The number of oxime groups is 1. The summed E-state index contributed by atoms with van der Waals surface area (Å²) in [6.45, 7) is 1.79. The topological polar surface area (TPSA) is 84.2 Å². The van der Waals surface area contributed by atoms with Crippen LogP contribution in [0.2, 0.25) is 5.02 Å². The average molecular weight is 364 g/mol. The summed E-state index contributed by atoms with van der Waals surface area (Å²) >= 11 is 5.80. The number of halogens is 1. The zero-order valence-electron chi connectivity index (χ0n) is 13.8. The Morgan fingerprint density at radius 1 is 1.32 bits per heavy atom. The van der Waals surface area contributed by atoms with Crippen LogP contribution in [0.25, 0.3) is 0 Å². The lowest BCUT2D eigenvalue weighted by Crippen LogP contribution is -2.32. The molecule has 0 saturated heterocycles. The number of nitrogens with zero attached hydrogens (tertiary/aromatic N) is 3. The van der Waals surface area contributed by atoms with Gasteiger partial charge in [0.1, 0.15) is 19.0 Å². The summed E-state index contributed by atoms with van der Waals surface area (Å²) in [7, 11) is 1.43. The molecular formula is C17H18ClN3O4. The van der Waals surface area contributed by atoms with E-state index in [-0.39, 0.29) is 13.3 Å². The minimum absolute atomic E-state index is 0.0800. The van der Waals surface area contributed by atoms with E-state index in [4.69, 9.17) is 21.2 Å². The van der Waals surface area contributed by atoms with Crippen LogP contribution in [-0.2, 0) is 16.2 Å². The van der Waals surface area contributed by atoms with Crippen molar-refractivity contribution in [3.05, 3.63) is 58.9 Å². The Bertz CT molecular complexity index is 750. The van der Waals surface area contributed by atoms with Crippen LogP contribution in [0.3, 0.4) is 0 Å². The van der Waals surface area contributed by atoms with Gasteiger partial charge in [0.2, 0.25) is 0 Å². The predicted molar refractivity (Wildman–Crippen MR) is 95.1 cm³/mol. The number of benzene rings is 1. The summed E-state index contributed by atoms with van der Waals surface area (Å²) in [5, 5.41) is 13.9. The van der Waals surface area contributed by atoms with Gasteiger partial charge in [0.05, 0.1) is 16.4 Å². The molecule has 8 heteroatoms. The molecule has 1 heterocycles. The van der Waals surface area contributed by atoms with Crippen LogP contribution in [0, 0.1) is 0 Å². The first-order valence-electron chi connectivity index (χ1n) is 7.38. The van der Waals surface area contributed by atoms with Gasteiger partial charge >= 0.3 is 6.09 Å². The standard InChI is InChI=1S/C17H18ClN3O4/c1-12(15-8-7-14(18)9-19-15)20-25-10-13-5-3-4-6-16(13)21(11-24-2)17(22)23/h3-9H,10-11H2,1-2H3,(H,22,23). The zero-order chi connectivity index (χ0) is 18.2. The van der Waals surface area contributed by atoms with Crippen molar-refractivity contribution in [2.75, 3.05) is 18.7 Å². The monoisotopic (exact) mass is 363 g/mol. The highest BCUT2D eigenvalue weighted by molar-refractivity contribution is 6.30. The number of aromatic nitrogens is 1. The summed E-state index contributed by atoms with van der Waals surface area (Å²) < 4.78 is 4.94. The number of carbonyl (C=O) groups is 1. The van der Waals surface area contributed by atoms with Crippen LogP contribution in [0.4, 0.5) is 10.5 Å². The third-order valence-corrected chi connectivity index (χ3v) is 3.51. The summed E-state index contributed by atoms with van der Waals surface area (Å²) in [4.78, 5) is 22.0. The van der Waals surface area contributed by atoms with E-state index in [1.54, 1.807) is 43.3 Å². The number of hydrogen-bond donors (Lipinski definition) is 1. The van der Waals surface area contributed by atoms with Gasteiger partial charge in [-0.05, 0) is 25.1 Å². The third kappa shape index (κ3) is 5.17. The Balaban J connectivity index is 2.11. The Hall–Kier alpha value is -2.64. The molecule has 0 aliphatic carbocycles. The Labute approximate surface area is 150 Å². The van der Waals surface area contributed by atoms with Crippen LogP contribution >= 0.6 is 11.6 Å². The highest BCUT2D eigenvalue weighted by Crippen LogP contribution is 2.21. The van der Waals surface area contributed by atoms with E-state index in [0.29, 0.717) is 27.7 Å². The molecule has 0 fully saturated rings. The summed E-state index contributed by atoms with van der Waals surface area (Å²) in [6, 6.07) is 10.5. The maximum Gasteiger partial charge on any atom is 0.413 e. The molecule has 25 heavy (non-hydrogen) atoms. The lowest BCUT2D eigenvalue weighted by atomic mass is 10.2. The SMILES string of the molecule is COCN(C(=O)O)c1ccccc1CON=C(C)c1ccc(Cl)cn1. The van der Waals surface area contributed by atoms with Crippen LogP contribution in [0.5, 0.6) is 0 Å². The molecule has 0 bridgehead atoms. The number of rotatable bonds is 7. The van der Waals surface area contributed by atoms with Gasteiger partial charge < -0.3 is 14.7 Å².